The standard InChI is InChI=1S/C22H26F2N2O3S/c1-16(18-8-11-20(23)21(24)15-18)25-22(27)12-7-17-5-9-19(10-6-17)30(28,29)26-13-3-2-4-14-26/h5-6,8-11,15-16H,2-4,7,12-14H2,1H3,(H,25,27). The topological polar surface area (TPSA) is 66.5 Å². The molecule has 1 amide bonds. The summed E-state index contributed by atoms with van der Waals surface area (Å²) in [6.45, 7) is 2.81. The van der Waals surface area contributed by atoms with Gasteiger partial charge in [0.15, 0.2) is 11.6 Å². The van der Waals surface area contributed by atoms with Gasteiger partial charge in [0.2, 0.25) is 15.9 Å². The van der Waals surface area contributed by atoms with Gasteiger partial charge in [-0.3, -0.25) is 4.79 Å². The van der Waals surface area contributed by atoms with Gasteiger partial charge in [0, 0.05) is 19.5 Å². The summed E-state index contributed by atoms with van der Waals surface area (Å²) >= 11 is 0. The van der Waals surface area contributed by atoms with Crippen LogP contribution < -0.4 is 5.32 Å². The van der Waals surface area contributed by atoms with E-state index in [-0.39, 0.29) is 17.2 Å². The van der Waals surface area contributed by atoms with Crippen LogP contribution in [0.1, 0.15) is 49.8 Å². The summed E-state index contributed by atoms with van der Waals surface area (Å²) in [5, 5.41) is 2.76. The second-order valence-electron chi connectivity index (χ2n) is 7.57. The zero-order valence-corrected chi connectivity index (χ0v) is 17.7. The van der Waals surface area contributed by atoms with Crippen molar-refractivity contribution in [3.05, 3.63) is 65.2 Å². The molecule has 0 spiro atoms. The molecule has 3 rings (SSSR count). The maximum absolute atomic E-state index is 13.3. The number of benzene rings is 2. The van der Waals surface area contributed by atoms with Gasteiger partial charge in [-0.25, -0.2) is 17.2 Å². The van der Waals surface area contributed by atoms with Crippen molar-refractivity contribution in [1.29, 1.82) is 0 Å². The van der Waals surface area contributed by atoms with E-state index in [9.17, 15) is 22.0 Å². The third kappa shape index (κ3) is 5.43. The first-order valence-corrected chi connectivity index (χ1v) is 11.5. The Morgan fingerprint density at radius 1 is 1.03 bits per heavy atom. The molecule has 5 nitrogen and oxygen atoms in total. The van der Waals surface area contributed by atoms with Crippen LogP contribution in [0.15, 0.2) is 47.4 Å². The first kappa shape index (κ1) is 22.4. The number of carbonyl (C=O) groups excluding carboxylic acids is 1. The van der Waals surface area contributed by atoms with Gasteiger partial charge >= 0.3 is 0 Å². The molecule has 1 heterocycles. The van der Waals surface area contributed by atoms with Crippen molar-refractivity contribution < 1.29 is 22.0 Å². The number of halogens is 2. The number of nitrogens with zero attached hydrogens (tertiary/aromatic N) is 1. The number of carbonyl (C=O) groups is 1. The SMILES string of the molecule is CC(NC(=O)CCc1ccc(S(=O)(=O)N2CCCCC2)cc1)c1ccc(F)c(F)c1. The maximum Gasteiger partial charge on any atom is 0.243 e. The fraction of sp³-hybridized carbons (Fsp3) is 0.409. The molecule has 0 aliphatic carbocycles. The van der Waals surface area contributed by atoms with Crippen LogP contribution in [0.4, 0.5) is 8.78 Å². The van der Waals surface area contributed by atoms with Crippen LogP contribution in [0.3, 0.4) is 0 Å². The zero-order chi connectivity index (χ0) is 21.7. The van der Waals surface area contributed by atoms with Gasteiger partial charge in [-0.2, -0.15) is 4.31 Å². The fourth-order valence-electron chi connectivity index (χ4n) is 3.52. The smallest absolute Gasteiger partial charge is 0.243 e. The molecule has 0 bridgehead atoms. The van der Waals surface area contributed by atoms with E-state index in [1.807, 2.05) is 0 Å². The van der Waals surface area contributed by atoms with Crippen molar-refractivity contribution in [2.24, 2.45) is 0 Å². The lowest BCUT2D eigenvalue weighted by Crippen LogP contribution is -2.35. The quantitative estimate of drug-likeness (QED) is 0.715. The second-order valence-corrected chi connectivity index (χ2v) is 9.51. The van der Waals surface area contributed by atoms with Crippen molar-refractivity contribution in [1.82, 2.24) is 9.62 Å². The molecule has 0 aromatic heterocycles. The van der Waals surface area contributed by atoms with Gasteiger partial charge < -0.3 is 5.32 Å². The molecular weight excluding hydrogens is 410 g/mol. The summed E-state index contributed by atoms with van der Waals surface area (Å²) < 4.78 is 53.3. The lowest BCUT2D eigenvalue weighted by Gasteiger charge is -2.25. The van der Waals surface area contributed by atoms with Crippen molar-refractivity contribution in [2.75, 3.05) is 13.1 Å². The Morgan fingerprint density at radius 2 is 1.70 bits per heavy atom. The van der Waals surface area contributed by atoms with Gasteiger partial charge in [-0.1, -0.05) is 24.6 Å². The minimum Gasteiger partial charge on any atom is -0.350 e. The largest absolute Gasteiger partial charge is 0.350 e. The summed E-state index contributed by atoms with van der Waals surface area (Å²) in [6.07, 6.45) is 3.47. The molecule has 30 heavy (non-hydrogen) atoms. The number of amides is 1. The van der Waals surface area contributed by atoms with E-state index >= 15 is 0 Å². The van der Waals surface area contributed by atoms with Gasteiger partial charge in [0.05, 0.1) is 10.9 Å². The van der Waals surface area contributed by atoms with Crippen LogP contribution in [0.5, 0.6) is 0 Å². The van der Waals surface area contributed by atoms with E-state index in [2.05, 4.69) is 5.32 Å². The predicted octanol–water partition coefficient (Wildman–Crippen LogP) is 3.95. The molecule has 1 N–H and O–H groups in total. The van der Waals surface area contributed by atoms with Gasteiger partial charge in [0.25, 0.3) is 0 Å². The summed E-state index contributed by atoms with van der Waals surface area (Å²) in [4.78, 5) is 12.5. The summed E-state index contributed by atoms with van der Waals surface area (Å²) in [7, 11) is -3.47. The molecule has 0 saturated carbocycles. The first-order chi connectivity index (χ1) is 14.3. The highest BCUT2D eigenvalue weighted by atomic mass is 32.2. The highest BCUT2D eigenvalue weighted by Crippen LogP contribution is 2.21. The number of hydrogen-bond donors (Lipinski definition) is 1. The zero-order valence-electron chi connectivity index (χ0n) is 16.9. The van der Waals surface area contributed by atoms with Crippen LogP contribution in [-0.4, -0.2) is 31.7 Å². The number of sulfonamides is 1. The number of piperidine rings is 1. The Hall–Kier alpha value is -2.32. The third-order valence-corrected chi connectivity index (χ3v) is 7.25. The van der Waals surface area contributed by atoms with E-state index in [0.29, 0.717) is 25.1 Å². The molecule has 1 fully saturated rings. The van der Waals surface area contributed by atoms with E-state index in [4.69, 9.17) is 0 Å². The number of aryl methyl sites for hydroxylation is 1. The molecule has 1 unspecified atom stereocenters. The van der Waals surface area contributed by atoms with Gasteiger partial charge in [-0.05, 0) is 61.6 Å². The molecule has 2 aromatic carbocycles. The van der Waals surface area contributed by atoms with Crippen molar-refractivity contribution in [3.63, 3.8) is 0 Å². The summed E-state index contributed by atoms with van der Waals surface area (Å²) in [5.74, 6) is -2.10. The molecule has 1 saturated heterocycles. The molecule has 1 aliphatic rings. The van der Waals surface area contributed by atoms with Gasteiger partial charge in [0.1, 0.15) is 0 Å². The Kier molecular flexibility index (Phi) is 7.20. The second kappa shape index (κ2) is 9.66. The predicted molar refractivity (Wildman–Crippen MR) is 110 cm³/mol. The van der Waals surface area contributed by atoms with Crippen LogP contribution in [0.2, 0.25) is 0 Å². The summed E-state index contributed by atoms with van der Waals surface area (Å²) in [5.41, 5.74) is 1.33. The van der Waals surface area contributed by atoms with Crippen molar-refractivity contribution >= 4 is 15.9 Å². The molecule has 162 valence electrons. The van der Waals surface area contributed by atoms with E-state index in [0.717, 1.165) is 37.0 Å². The summed E-state index contributed by atoms with van der Waals surface area (Å²) in [6, 6.07) is 9.71. The number of nitrogens with one attached hydrogen (secondary N) is 1. The Labute approximate surface area is 176 Å². The lowest BCUT2D eigenvalue weighted by molar-refractivity contribution is -0.121. The van der Waals surface area contributed by atoms with Crippen LogP contribution in [0.25, 0.3) is 0 Å². The maximum atomic E-state index is 13.3. The Bertz CT molecular complexity index is 988. The Morgan fingerprint density at radius 3 is 2.33 bits per heavy atom. The molecule has 0 radical (unpaired) electrons. The average molecular weight is 437 g/mol. The Balaban J connectivity index is 1.54. The molecule has 8 heteroatoms. The number of hydrogen-bond acceptors (Lipinski definition) is 3. The third-order valence-electron chi connectivity index (χ3n) is 5.34. The molecule has 2 aromatic rings. The fourth-order valence-corrected chi connectivity index (χ4v) is 5.04. The van der Waals surface area contributed by atoms with Crippen LogP contribution in [0, 0.1) is 11.6 Å². The van der Waals surface area contributed by atoms with E-state index < -0.39 is 27.7 Å². The average Bonchev–Trinajstić information content (AvgIpc) is 2.75. The molecular formula is C22H26F2N2O3S. The van der Waals surface area contributed by atoms with Crippen LogP contribution in [-0.2, 0) is 21.2 Å². The number of rotatable bonds is 7. The van der Waals surface area contributed by atoms with Gasteiger partial charge in [-0.15, -0.1) is 0 Å². The minimum absolute atomic E-state index is 0.201. The minimum atomic E-state index is -3.47. The lowest BCUT2D eigenvalue weighted by atomic mass is 10.1. The van der Waals surface area contributed by atoms with E-state index in [1.165, 1.54) is 10.4 Å². The van der Waals surface area contributed by atoms with Crippen LogP contribution >= 0.6 is 0 Å². The molecule has 1 atom stereocenters. The molecule has 1 aliphatic heterocycles. The monoisotopic (exact) mass is 436 g/mol. The highest BCUT2D eigenvalue weighted by molar-refractivity contribution is 7.89. The van der Waals surface area contributed by atoms with Crippen molar-refractivity contribution in [3.8, 4) is 0 Å². The van der Waals surface area contributed by atoms with Crippen molar-refractivity contribution in [2.45, 2.75) is 50.0 Å². The van der Waals surface area contributed by atoms with E-state index in [1.54, 1.807) is 31.2 Å². The highest BCUT2D eigenvalue weighted by Gasteiger charge is 2.25. The first-order valence-electron chi connectivity index (χ1n) is 10.1. The normalized spacial score (nSPS) is 16.2.